The van der Waals surface area contributed by atoms with Gasteiger partial charge in [0.25, 0.3) is 0 Å². The number of nitrogens with zero attached hydrogens (tertiary/aromatic N) is 1. The van der Waals surface area contributed by atoms with Gasteiger partial charge in [-0.1, -0.05) is 6.07 Å². The summed E-state index contributed by atoms with van der Waals surface area (Å²) in [5.74, 6) is -0.156. The molecular weight excluding hydrogens is 255 g/mol. The van der Waals surface area contributed by atoms with E-state index in [0.717, 1.165) is 37.3 Å². The number of rotatable bonds is 7. The predicted octanol–water partition coefficient (Wildman–Crippen LogP) is 2.33. The van der Waals surface area contributed by atoms with E-state index in [4.69, 9.17) is 4.74 Å². The van der Waals surface area contributed by atoms with Crippen LogP contribution in [0.5, 0.6) is 0 Å². The molecule has 0 aliphatic carbocycles. The Morgan fingerprint density at radius 2 is 2.30 bits per heavy atom. The molecule has 20 heavy (non-hydrogen) atoms. The largest absolute Gasteiger partial charge is 0.383 e. The first-order valence-electron chi connectivity index (χ1n) is 7.38. The topological polar surface area (TPSA) is 24.5 Å². The highest BCUT2D eigenvalue weighted by molar-refractivity contribution is 5.26. The summed E-state index contributed by atoms with van der Waals surface area (Å²) in [5.41, 5.74) is 2.22. The van der Waals surface area contributed by atoms with Crippen molar-refractivity contribution in [1.29, 1.82) is 0 Å². The molecule has 1 saturated heterocycles. The first-order valence-corrected chi connectivity index (χ1v) is 7.38. The highest BCUT2D eigenvalue weighted by Crippen LogP contribution is 2.15. The van der Waals surface area contributed by atoms with E-state index in [2.05, 4.69) is 10.2 Å². The fourth-order valence-electron chi connectivity index (χ4n) is 2.73. The minimum Gasteiger partial charge on any atom is -0.383 e. The van der Waals surface area contributed by atoms with Gasteiger partial charge in [-0.3, -0.25) is 4.90 Å². The van der Waals surface area contributed by atoms with Gasteiger partial charge >= 0.3 is 0 Å². The first-order chi connectivity index (χ1) is 9.69. The van der Waals surface area contributed by atoms with E-state index in [0.29, 0.717) is 12.6 Å². The van der Waals surface area contributed by atoms with Crippen molar-refractivity contribution in [2.45, 2.75) is 32.4 Å². The molecule has 2 rings (SSSR count). The van der Waals surface area contributed by atoms with Gasteiger partial charge in [0, 0.05) is 32.8 Å². The van der Waals surface area contributed by atoms with Crippen molar-refractivity contribution in [2.24, 2.45) is 0 Å². The fraction of sp³-hybridized carbons (Fsp3) is 0.625. The molecule has 0 spiro atoms. The minimum absolute atomic E-state index is 0.156. The second kappa shape index (κ2) is 7.72. The molecule has 1 atom stereocenters. The summed E-state index contributed by atoms with van der Waals surface area (Å²) in [6.07, 6.45) is 2.48. The maximum absolute atomic E-state index is 13.4. The third-order valence-electron chi connectivity index (χ3n) is 3.96. The van der Waals surface area contributed by atoms with Gasteiger partial charge in [0.05, 0.1) is 6.61 Å². The Hall–Kier alpha value is -0.970. The van der Waals surface area contributed by atoms with Gasteiger partial charge in [-0.2, -0.15) is 0 Å². The van der Waals surface area contributed by atoms with Crippen molar-refractivity contribution in [3.8, 4) is 0 Å². The summed E-state index contributed by atoms with van der Waals surface area (Å²) in [6, 6.07) is 5.59. The highest BCUT2D eigenvalue weighted by Gasteiger charge is 2.18. The minimum atomic E-state index is -0.156. The maximum Gasteiger partial charge on any atom is 0.123 e. The van der Waals surface area contributed by atoms with Crippen LogP contribution in [0.4, 0.5) is 4.39 Å². The zero-order valence-electron chi connectivity index (χ0n) is 12.5. The van der Waals surface area contributed by atoms with Crippen LogP contribution >= 0.6 is 0 Å². The number of ether oxygens (including phenoxy) is 1. The van der Waals surface area contributed by atoms with Crippen LogP contribution in [-0.4, -0.2) is 44.3 Å². The van der Waals surface area contributed by atoms with E-state index < -0.39 is 0 Å². The molecule has 1 aliphatic heterocycles. The van der Waals surface area contributed by atoms with Crippen molar-refractivity contribution >= 4 is 0 Å². The number of nitrogens with one attached hydrogen (secondary N) is 1. The number of hydrogen-bond acceptors (Lipinski definition) is 3. The second-order valence-corrected chi connectivity index (χ2v) is 5.59. The number of aryl methyl sites for hydroxylation is 1. The van der Waals surface area contributed by atoms with E-state index in [1.165, 1.54) is 18.9 Å². The van der Waals surface area contributed by atoms with Crippen LogP contribution < -0.4 is 5.32 Å². The number of benzene rings is 1. The number of hydrogen-bond donors (Lipinski definition) is 1. The van der Waals surface area contributed by atoms with E-state index in [-0.39, 0.29) is 5.82 Å². The molecule has 112 valence electrons. The van der Waals surface area contributed by atoms with Crippen LogP contribution in [0.3, 0.4) is 0 Å². The molecule has 1 unspecified atom stereocenters. The molecule has 1 aromatic carbocycles. The van der Waals surface area contributed by atoms with Gasteiger partial charge in [-0.05, 0) is 49.6 Å². The molecule has 4 heteroatoms. The zero-order chi connectivity index (χ0) is 14.4. The lowest BCUT2D eigenvalue weighted by Gasteiger charge is -2.26. The normalized spacial score (nSPS) is 18.9. The van der Waals surface area contributed by atoms with Crippen molar-refractivity contribution < 1.29 is 9.13 Å². The van der Waals surface area contributed by atoms with Gasteiger partial charge in [0.1, 0.15) is 5.82 Å². The highest BCUT2D eigenvalue weighted by atomic mass is 19.1. The lowest BCUT2D eigenvalue weighted by atomic mass is 10.1. The van der Waals surface area contributed by atoms with Gasteiger partial charge in [-0.15, -0.1) is 0 Å². The smallest absolute Gasteiger partial charge is 0.123 e. The molecule has 1 aliphatic rings. The predicted molar refractivity (Wildman–Crippen MR) is 79.3 cm³/mol. The Balaban J connectivity index is 1.99. The standard InChI is InChI=1S/C16H25FN2O/c1-13-5-6-15(17)10-14(13)11-19(8-9-20-2)12-16-4-3-7-18-16/h5-6,10,16,18H,3-4,7-9,11-12H2,1-2H3. The van der Waals surface area contributed by atoms with E-state index in [1.54, 1.807) is 13.2 Å². The molecule has 0 saturated carbocycles. The zero-order valence-corrected chi connectivity index (χ0v) is 12.5. The summed E-state index contributed by atoms with van der Waals surface area (Å²) >= 11 is 0. The molecule has 3 nitrogen and oxygen atoms in total. The van der Waals surface area contributed by atoms with Crippen molar-refractivity contribution in [2.75, 3.05) is 33.4 Å². The molecule has 0 amide bonds. The van der Waals surface area contributed by atoms with Crippen LogP contribution in [0.15, 0.2) is 18.2 Å². The molecule has 0 aromatic heterocycles. The van der Waals surface area contributed by atoms with Crippen LogP contribution in [0.1, 0.15) is 24.0 Å². The SMILES string of the molecule is COCCN(Cc1cc(F)ccc1C)CC1CCCN1. The number of halogens is 1. The Bertz CT molecular complexity index is 419. The van der Waals surface area contributed by atoms with Crippen molar-refractivity contribution in [1.82, 2.24) is 10.2 Å². The van der Waals surface area contributed by atoms with E-state index >= 15 is 0 Å². The van der Waals surface area contributed by atoms with E-state index in [9.17, 15) is 4.39 Å². The third kappa shape index (κ3) is 4.54. The van der Waals surface area contributed by atoms with Gasteiger partial charge in [-0.25, -0.2) is 4.39 Å². The molecular formula is C16H25FN2O. The first kappa shape index (κ1) is 15.4. The van der Waals surface area contributed by atoms with Crippen LogP contribution in [-0.2, 0) is 11.3 Å². The molecule has 0 radical (unpaired) electrons. The van der Waals surface area contributed by atoms with E-state index in [1.807, 2.05) is 13.0 Å². The summed E-state index contributed by atoms with van der Waals surface area (Å²) in [4.78, 5) is 2.36. The van der Waals surface area contributed by atoms with Crippen molar-refractivity contribution in [3.05, 3.63) is 35.1 Å². The molecule has 1 N–H and O–H groups in total. The summed E-state index contributed by atoms with van der Waals surface area (Å²) in [6.45, 7) is 6.52. The lowest BCUT2D eigenvalue weighted by molar-refractivity contribution is 0.138. The summed E-state index contributed by atoms with van der Waals surface area (Å²) in [5, 5.41) is 3.52. The van der Waals surface area contributed by atoms with Gasteiger partial charge in [0.2, 0.25) is 0 Å². The monoisotopic (exact) mass is 280 g/mol. The van der Waals surface area contributed by atoms with Crippen LogP contribution in [0, 0.1) is 12.7 Å². The Labute approximate surface area is 121 Å². The summed E-state index contributed by atoms with van der Waals surface area (Å²) in [7, 11) is 1.72. The Morgan fingerprint density at radius 3 is 3.00 bits per heavy atom. The number of methoxy groups -OCH3 is 1. The quantitative estimate of drug-likeness (QED) is 0.829. The average molecular weight is 280 g/mol. The Kier molecular flexibility index (Phi) is 5.95. The van der Waals surface area contributed by atoms with Crippen molar-refractivity contribution in [3.63, 3.8) is 0 Å². The molecule has 1 fully saturated rings. The van der Waals surface area contributed by atoms with Crippen LogP contribution in [0.2, 0.25) is 0 Å². The van der Waals surface area contributed by atoms with Crippen LogP contribution in [0.25, 0.3) is 0 Å². The Morgan fingerprint density at radius 1 is 1.45 bits per heavy atom. The third-order valence-corrected chi connectivity index (χ3v) is 3.96. The second-order valence-electron chi connectivity index (χ2n) is 5.59. The van der Waals surface area contributed by atoms with Gasteiger partial charge < -0.3 is 10.1 Å². The molecule has 0 bridgehead atoms. The maximum atomic E-state index is 13.4. The molecule has 1 heterocycles. The fourth-order valence-corrected chi connectivity index (χ4v) is 2.73. The summed E-state index contributed by atoms with van der Waals surface area (Å²) < 4.78 is 18.6. The molecule has 1 aromatic rings. The average Bonchev–Trinajstić information content (AvgIpc) is 2.93. The van der Waals surface area contributed by atoms with Gasteiger partial charge in [0.15, 0.2) is 0 Å². The lowest BCUT2D eigenvalue weighted by Crippen LogP contribution is -2.38.